The summed E-state index contributed by atoms with van der Waals surface area (Å²) >= 11 is 3.25. The highest BCUT2D eigenvalue weighted by Crippen LogP contribution is 2.27. The number of hydrogen-bond donors (Lipinski definition) is 0. The van der Waals surface area contributed by atoms with Crippen LogP contribution in [-0.2, 0) is 4.79 Å². The van der Waals surface area contributed by atoms with Gasteiger partial charge in [0.15, 0.2) is 0 Å². The number of aldehydes is 1. The molecule has 0 aliphatic carbocycles. The summed E-state index contributed by atoms with van der Waals surface area (Å²) in [5.74, 6) is 0.0640. The Bertz CT molecular complexity index is 456. The van der Waals surface area contributed by atoms with Gasteiger partial charge in [0.05, 0.1) is 0 Å². The van der Waals surface area contributed by atoms with Crippen molar-refractivity contribution in [1.29, 1.82) is 0 Å². The first-order valence-electron chi connectivity index (χ1n) is 5.35. The molecule has 0 unspecified atom stereocenters. The molecule has 0 fully saturated rings. The average Bonchev–Trinajstić information content (AvgIpc) is 2.28. The van der Waals surface area contributed by atoms with E-state index in [-0.39, 0.29) is 11.7 Å². The minimum Gasteiger partial charge on any atom is -0.434 e. The van der Waals surface area contributed by atoms with Gasteiger partial charge in [-0.25, -0.2) is 0 Å². The Kier molecular flexibility index (Phi) is 5.47. The van der Waals surface area contributed by atoms with Gasteiger partial charge >= 0.3 is 6.61 Å². The van der Waals surface area contributed by atoms with E-state index in [1.165, 1.54) is 6.07 Å². The molecule has 0 saturated heterocycles. The average molecular weight is 319 g/mol. The molecule has 0 radical (unpaired) electrons. The summed E-state index contributed by atoms with van der Waals surface area (Å²) in [4.78, 5) is 10.9. The van der Waals surface area contributed by atoms with E-state index >= 15 is 0 Å². The third kappa shape index (κ3) is 4.22. The summed E-state index contributed by atoms with van der Waals surface area (Å²) in [6.07, 6.45) is 2.28. The minimum atomic E-state index is -2.89. The second kappa shape index (κ2) is 6.64. The van der Waals surface area contributed by atoms with Crippen LogP contribution >= 0.6 is 15.9 Å². The van der Waals surface area contributed by atoms with Crippen LogP contribution in [0.15, 0.2) is 28.2 Å². The molecule has 0 bridgehead atoms. The maximum Gasteiger partial charge on any atom is 0.387 e. The van der Waals surface area contributed by atoms with Crippen molar-refractivity contribution in [2.75, 3.05) is 0 Å². The zero-order valence-electron chi connectivity index (χ0n) is 9.99. The summed E-state index contributed by atoms with van der Waals surface area (Å²) in [6, 6.07) is 4.67. The number of benzene rings is 1. The fraction of sp³-hybridized carbons (Fsp3) is 0.308. The van der Waals surface area contributed by atoms with Crippen LogP contribution in [0.4, 0.5) is 8.78 Å². The summed E-state index contributed by atoms with van der Waals surface area (Å²) in [5.41, 5.74) is 0.965. The van der Waals surface area contributed by atoms with E-state index in [0.29, 0.717) is 11.1 Å². The Morgan fingerprint density at radius 3 is 2.56 bits per heavy atom. The number of ether oxygens (including phenoxy) is 1. The molecule has 2 nitrogen and oxygen atoms in total. The van der Waals surface area contributed by atoms with Gasteiger partial charge in [0, 0.05) is 10.0 Å². The lowest BCUT2D eigenvalue weighted by molar-refractivity contribution is -0.105. The Balaban J connectivity index is 3.20. The van der Waals surface area contributed by atoms with Crippen molar-refractivity contribution < 1.29 is 18.3 Å². The van der Waals surface area contributed by atoms with Gasteiger partial charge < -0.3 is 4.74 Å². The first kappa shape index (κ1) is 14.8. The van der Waals surface area contributed by atoms with E-state index in [1.807, 2.05) is 13.8 Å². The van der Waals surface area contributed by atoms with Crippen LogP contribution in [0.3, 0.4) is 0 Å². The molecule has 0 atom stereocenters. The van der Waals surface area contributed by atoms with E-state index in [9.17, 15) is 13.6 Å². The molecule has 1 rings (SSSR count). The van der Waals surface area contributed by atoms with E-state index in [4.69, 9.17) is 0 Å². The number of rotatable bonds is 5. The summed E-state index contributed by atoms with van der Waals surface area (Å²) in [5, 5.41) is 0. The molecule has 0 aliphatic rings. The predicted molar refractivity (Wildman–Crippen MR) is 69.7 cm³/mol. The number of alkyl halides is 2. The Hall–Kier alpha value is -1.23. The smallest absolute Gasteiger partial charge is 0.387 e. The van der Waals surface area contributed by atoms with Gasteiger partial charge in [0.1, 0.15) is 12.0 Å². The molecule has 0 saturated carbocycles. The maximum absolute atomic E-state index is 12.3. The molecule has 0 amide bonds. The second-order valence-electron chi connectivity index (χ2n) is 3.98. The van der Waals surface area contributed by atoms with Crippen molar-refractivity contribution in [3.63, 3.8) is 0 Å². The van der Waals surface area contributed by atoms with Gasteiger partial charge in [0.25, 0.3) is 0 Å². The summed E-state index contributed by atoms with van der Waals surface area (Å²) in [6.45, 7) is 0.814. The zero-order valence-corrected chi connectivity index (χ0v) is 11.6. The highest BCUT2D eigenvalue weighted by Gasteiger charge is 2.10. The molecule has 0 aliphatic heterocycles. The zero-order chi connectivity index (χ0) is 13.7. The van der Waals surface area contributed by atoms with Gasteiger partial charge in [-0.15, -0.1) is 0 Å². The van der Waals surface area contributed by atoms with Gasteiger partial charge in [-0.2, -0.15) is 8.78 Å². The SMILES string of the molecule is CC(C)C(C=O)=Cc1cc(Br)ccc1OC(F)F. The Morgan fingerprint density at radius 1 is 1.39 bits per heavy atom. The molecule has 0 aromatic heterocycles. The first-order valence-corrected chi connectivity index (χ1v) is 6.14. The van der Waals surface area contributed by atoms with Crippen LogP contribution in [0.2, 0.25) is 0 Å². The quantitative estimate of drug-likeness (QED) is 0.598. The highest BCUT2D eigenvalue weighted by molar-refractivity contribution is 9.10. The Labute approximate surface area is 113 Å². The van der Waals surface area contributed by atoms with Crippen LogP contribution in [0, 0.1) is 5.92 Å². The van der Waals surface area contributed by atoms with E-state index in [0.717, 1.165) is 10.8 Å². The Morgan fingerprint density at radius 2 is 2.06 bits per heavy atom. The number of carbonyl (C=O) groups is 1. The number of hydrogen-bond acceptors (Lipinski definition) is 2. The fourth-order valence-electron chi connectivity index (χ4n) is 1.35. The van der Waals surface area contributed by atoms with Crippen LogP contribution in [0.5, 0.6) is 5.75 Å². The normalized spacial score (nSPS) is 12.1. The standard InChI is InChI=1S/C13H13BrF2O2/c1-8(2)10(7-17)5-9-6-11(14)3-4-12(9)18-13(15)16/h3-8,13H,1-2H3. The van der Waals surface area contributed by atoms with Crippen molar-refractivity contribution in [1.82, 2.24) is 0 Å². The summed E-state index contributed by atoms with van der Waals surface area (Å²) < 4.78 is 29.6. The van der Waals surface area contributed by atoms with Gasteiger partial charge in [-0.1, -0.05) is 29.8 Å². The molecule has 0 heterocycles. The second-order valence-corrected chi connectivity index (χ2v) is 4.89. The molecular formula is C13H13BrF2O2. The van der Waals surface area contributed by atoms with Gasteiger partial charge in [-0.05, 0) is 35.8 Å². The van der Waals surface area contributed by atoms with E-state index in [2.05, 4.69) is 20.7 Å². The molecule has 0 N–H and O–H groups in total. The van der Waals surface area contributed by atoms with Crippen LogP contribution < -0.4 is 4.74 Å². The first-order chi connectivity index (χ1) is 8.43. The lowest BCUT2D eigenvalue weighted by atomic mass is 10.0. The highest BCUT2D eigenvalue weighted by atomic mass is 79.9. The maximum atomic E-state index is 12.3. The predicted octanol–water partition coefficient (Wildman–Crippen LogP) is 4.29. The van der Waals surface area contributed by atoms with Crippen molar-refractivity contribution in [2.24, 2.45) is 5.92 Å². The van der Waals surface area contributed by atoms with Crippen molar-refractivity contribution in [2.45, 2.75) is 20.5 Å². The van der Waals surface area contributed by atoms with E-state index < -0.39 is 6.61 Å². The van der Waals surface area contributed by atoms with Crippen molar-refractivity contribution in [3.8, 4) is 5.75 Å². The van der Waals surface area contributed by atoms with Gasteiger partial charge in [0.2, 0.25) is 0 Å². The molecule has 5 heteroatoms. The topological polar surface area (TPSA) is 26.3 Å². The lowest BCUT2D eigenvalue weighted by Gasteiger charge is -2.10. The third-order valence-corrected chi connectivity index (χ3v) is 2.81. The largest absolute Gasteiger partial charge is 0.434 e. The number of halogens is 3. The monoisotopic (exact) mass is 318 g/mol. The van der Waals surface area contributed by atoms with E-state index in [1.54, 1.807) is 18.2 Å². The molecule has 1 aromatic rings. The van der Waals surface area contributed by atoms with Crippen molar-refractivity contribution >= 4 is 28.3 Å². The molecule has 1 aromatic carbocycles. The van der Waals surface area contributed by atoms with Crippen molar-refractivity contribution in [3.05, 3.63) is 33.8 Å². The molecule has 0 spiro atoms. The molecule has 98 valence electrons. The molecule has 18 heavy (non-hydrogen) atoms. The van der Waals surface area contributed by atoms with Crippen LogP contribution in [0.25, 0.3) is 6.08 Å². The van der Waals surface area contributed by atoms with Crippen LogP contribution in [-0.4, -0.2) is 12.9 Å². The van der Waals surface area contributed by atoms with Crippen LogP contribution in [0.1, 0.15) is 19.4 Å². The lowest BCUT2D eigenvalue weighted by Crippen LogP contribution is -2.04. The van der Waals surface area contributed by atoms with Gasteiger partial charge in [-0.3, -0.25) is 4.79 Å². The number of allylic oxidation sites excluding steroid dienone is 1. The fourth-order valence-corrected chi connectivity index (χ4v) is 1.73. The number of carbonyl (C=O) groups excluding carboxylic acids is 1. The summed E-state index contributed by atoms with van der Waals surface area (Å²) in [7, 11) is 0. The third-order valence-electron chi connectivity index (χ3n) is 2.31. The minimum absolute atomic E-state index is 0.0147. The molecular weight excluding hydrogens is 306 g/mol.